The van der Waals surface area contributed by atoms with Crippen LogP contribution in [0.3, 0.4) is 0 Å². The molecule has 7 nitrogen and oxygen atoms in total. The molecule has 1 atom stereocenters. The molecule has 0 saturated heterocycles. The van der Waals surface area contributed by atoms with Crippen molar-refractivity contribution in [2.45, 2.75) is 39.8 Å². The van der Waals surface area contributed by atoms with Gasteiger partial charge in [-0.3, -0.25) is 9.69 Å². The number of hydrogen-bond acceptors (Lipinski definition) is 4. The van der Waals surface area contributed by atoms with E-state index in [2.05, 4.69) is 10.6 Å². The van der Waals surface area contributed by atoms with Gasteiger partial charge >= 0.3 is 12.0 Å². The van der Waals surface area contributed by atoms with E-state index in [1.165, 1.54) is 4.90 Å². The minimum atomic E-state index is -0.714. The molecule has 0 spiro atoms. The van der Waals surface area contributed by atoms with Gasteiger partial charge in [0.15, 0.2) is 0 Å². The van der Waals surface area contributed by atoms with Crippen molar-refractivity contribution in [2.75, 3.05) is 11.9 Å². The first-order chi connectivity index (χ1) is 15.2. The van der Waals surface area contributed by atoms with Gasteiger partial charge in [-0.2, -0.15) is 0 Å². The van der Waals surface area contributed by atoms with Crippen LogP contribution >= 0.6 is 11.6 Å². The van der Waals surface area contributed by atoms with E-state index in [0.29, 0.717) is 39.7 Å². The number of ether oxygens (including phenoxy) is 1. The molecule has 3 rings (SSSR count). The Bertz CT molecular complexity index is 1080. The number of amides is 3. The summed E-state index contributed by atoms with van der Waals surface area (Å²) in [5.41, 5.74) is 2.39. The van der Waals surface area contributed by atoms with Gasteiger partial charge in [0, 0.05) is 17.9 Å². The van der Waals surface area contributed by atoms with Gasteiger partial charge in [-0.15, -0.1) is 0 Å². The number of benzene rings is 2. The Hall–Kier alpha value is -3.32. The molecule has 1 heterocycles. The van der Waals surface area contributed by atoms with Gasteiger partial charge in [-0.25, -0.2) is 9.59 Å². The fourth-order valence-electron chi connectivity index (χ4n) is 3.59. The lowest BCUT2D eigenvalue weighted by Crippen LogP contribution is -2.48. The molecular formula is C24H26ClN3O4. The normalized spacial score (nSPS) is 16.1. The van der Waals surface area contributed by atoms with Crippen LogP contribution in [0, 0.1) is 0 Å². The molecule has 2 aromatic carbocycles. The zero-order valence-corrected chi connectivity index (χ0v) is 19.2. The highest BCUT2D eigenvalue weighted by Crippen LogP contribution is 2.32. The Balaban J connectivity index is 1.96. The van der Waals surface area contributed by atoms with Gasteiger partial charge in [0.05, 0.1) is 28.3 Å². The van der Waals surface area contributed by atoms with Crippen molar-refractivity contribution in [3.8, 4) is 0 Å². The van der Waals surface area contributed by atoms with E-state index >= 15 is 0 Å². The van der Waals surface area contributed by atoms with E-state index in [1.807, 2.05) is 6.92 Å². The lowest BCUT2D eigenvalue weighted by atomic mass is 9.94. The maximum atomic E-state index is 12.9. The zero-order valence-electron chi connectivity index (χ0n) is 18.4. The molecule has 1 unspecified atom stereocenters. The number of hydrogen-bond donors (Lipinski definition) is 2. The summed E-state index contributed by atoms with van der Waals surface area (Å²) in [4.78, 5) is 39.7. The number of esters is 1. The van der Waals surface area contributed by atoms with Crippen molar-refractivity contribution in [1.82, 2.24) is 10.2 Å². The summed E-state index contributed by atoms with van der Waals surface area (Å²) in [6.45, 7) is 7.52. The Morgan fingerprint density at radius 2 is 1.91 bits per heavy atom. The number of halogens is 1. The lowest BCUT2D eigenvalue weighted by molar-refractivity contribution is -0.143. The molecule has 0 radical (unpaired) electrons. The third-order valence-electron chi connectivity index (χ3n) is 5.07. The molecule has 3 amide bonds. The molecule has 0 fully saturated rings. The van der Waals surface area contributed by atoms with Crippen LogP contribution < -0.4 is 10.6 Å². The predicted molar refractivity (Wildman–Crippen MR) is 123 cm³/mol. The zero-order chi connectivity index (χ0) is 23.4. The summed E-state index contributed by atoms with van der Waals surface area (Å²) in [5, 5.41) is 6.05. The number of carbonyl (C=O) groups excluding carboxylic acids is 3. The Kier molecular flexibility index (Phi) is 7.20. The highest BCUT2D eigenvalue weighted by atomic mass is 35.5. The number of allylic oxidation sites excluding steroid dienone is 1. The van der Waals surface area contributed by atoms with E-state index in [0.717, 1.165) is 0 Å². The maximum Gasteiger partial charge on any atom is 0.338 e. The van der Waals surface area contributed by atoms with Gasteiger partial charge in [0.1, 0.15) is 0 Å². The summed E-state index contributed by atoms with van der Waals surface area (Å²) in [7, 11) is 0. The third kappa shape index (κ3) is 4.94. The molecule has 32 heavy (non-hydrogen) atoms. The number of nitrogens with one attached hydrogen (secondary N) is 2. The molecule has 2 aromatic rings. The van der Waals surface area contributed by atoms with Crippen LogP contribution in [0.4, 0.5) is 10.5 Å². The molecular weight excluding hydrogens is 430 g/mol. The Labute approximate surface area is 192 Å². The van der Waals surface area contributed by atoms with Crippen molar-refractivity contribution in [2.24, 2.45) is 0 Å². The monoisotopic (exact) mass is 455 g/mol. The first-order valence-corrected chi connectivity index (χ1v) is 10.8. The average molecular weight is 456 g/mol. The van der Waals surface area contributed by atoms with Crippen LogP contribution in [-0.4, -0.2) is 35.5 Å². The van der Waals surface area contributed by atoms with Crippen LogP contribution in [-0.2, 0) is 9.53 Å². The van der Waals surface area contributed by atoms with Crippen LogP contribution in [0.5, 0.6) is 0 Å². The standard InChI is InChI=1S/C24H26ClN3O4/c1-5-28-15(4)20(23(30)32-14(2)3)21(27-24(28)31)16-9-8-10-17(13-16)26-22(29)18-11-6-7-12-19(18)25/h6-14,21H,5H2,1-4H3,(H,26,29)(H,27,31). The van der Waals surface area contributed by atoms with Crippen molar-refractivity contribution < 1.29 is 19.1 Å². The van der Waals surface area contributed by atoms with E-state index < -0.39 is 12.0 Å². The van der Waals surface area contributed by atoms with Crippen molar-refractivity contribution in [3.63, 3.8) is 0 Å². The van der Waals surface area contributed by atoms with E-state index in [-0.39, 0.29) is 18.0 Å². The van der Waals surface area contributed by atoms with Crippen molar-refractivity contribution in [3.05, 3.63) is 76.0 Å². The molecule has 0 aliphatic carbocycles. The first kappa shape index (κ1) is 23.3. The maximum absolute atomic E-state index is 12.9. The number of urea groups is 1. The van der Waals surface area contributed by atoms with Crippen LogP contribution in [0.1, 0.15) is 49.7 Å². The highest BCUT2D eigenvalue weighted by Gasteiger charge is 2.36. The van der Waals surface area contributed by atoms with Crippen LogP contribution in [0.25, 0.3) is 0 Å². The van der Waals surface area contributed by atoms with E-state index in [9.17, 15) is 14.4 Å². The van der Waals surface area contributed by atoms with Gasteiger partial charge in [-0.05, 0) is 57.5 Å². The van der Waals surface area contributed by atoms with Crippen molar-refractivity contribution >= 4 is 35.2 Å². The van der Waals surface area contributed by atoms with Gasteiger partial charge in [-0.1, -0.05) is 35.9 Å². The molecule has 2 N–H and O–H groups in total. The predicted octanol–water partition coefficient (Wildman–Crippen LogP) is 4.90. The summed E-state index contributed by atoms with van der Waals surface area (Å²) >= 11 is 6.12. The number of carbonyl (C=O) groups is 3. The quantitative estimate of drug-likeness (QED) is 0.606. The molecule has 0 aromatic heterocycles. The average Bonchev–Trinajstić information content (AvgIpc) is 2.73. The topological polar surface area (TPSA) is 87.7 Å². The molecule has 1 aliphatic heterocycles. The number of nitrogens with zero attached hydrogens (tertiary/aromatic N) is 1. The lowest BCUT2D eigenvalue weighted by Gasteiger charge is -2.35. The van der Waals surface area contributed by atoms with Gasteiger partial charge < -0.3 is 15.4 Å². The van der Waals surface area contributed by atoms with Crippen LogP contribution in [0.15, 0.2) is 59.8 Å². The molecule has 168 valence electrons. The smallest absolute Gasteiger partial charge is 0.338 e. The SMILES string of the molecule is CCN1C(=O)NC(c2cccc(NC(=O)c3ccccc3Cl)c2)C(C(=O)OC(C)C)=C1C. The fraction of sp³-hybridized carbons (Fsp3) is 0.292. The van der Waals surface area contributed by atoms with E-state index in [1.54, 1.807) is 69.3 Å². The van der Waals surface area contributed by atoms with Crippen molar-refractivity contribution in [1.29, 1.82) is 0 Å². The first-order valence-electron chi connectivity index (χ1n) is 10.4. The minimum Gasteiger partial charge on any atom is -0.459 e. The molecule has 1 aliphatic rings. The minimum absolute atomic E-state index is 0.304. The highest BCUT2D eigenvalue weighted by molar-refractivity contribution is 6.34. The fourth-order valence-corrected chi connectivity index (χ4v) is 3.82. The largest absolute Gasteiger partial charge is 0.459 e. The summed E-state index contributed by atoms with van der Waals surface area (Å²) in [6, 6.07) is 12.7. The summed E-state index contributed by atoms with van der Waals surface area (Å²) < 4.78 is 5.45. The van der Waals surface area contributed by atoms with Gasteiger partial charge in [0.2, 0.25) is 0 Å². The number of rotatable bonds is 6. The third-order valence-corrected chi connectivity index (χ3v) is 5.40. The summed E-state index contributed by atoms with van der Waals surface area (Å²) in [6.07, 6.45) is -0.308. The second kappa shape index (κ2) is 9.87. The van der Waals surface area contributed by atoms with Crippen LogP contribution in [0.2, 0.25) is 5.02 Å². The molecule has 0 bridgehead atoms. The second-order valence-electron chi connectivity index (χ2n) is 7.64. The molecule has 8 heteroatoms. The van der Waals surface area contributed by atoms with E-state index in [4.69, 9.17) is 16.3 Å². The summed E-state index contributed by atoms with van der Waals surface area (Å²) in [5.74, 6) is -0.852. The second-order valence-corrected chi connectivity index (χ2v) is 8.05. The number of anilines is 1. The Morgan fingerprint density at radius 1 is 1.19 bits per heavy atom. The Morgan fingerprint density at radius 3 is 2.56 bits per heavy atom. The molecule has 0 saturated carbocycles. The van der Waals surface area contributed by atoms with Gasteiger partial charge in [0.25, 0.3) is 5.91 Å².